The summed E-state index contributed by atoms with van der Waals surface area (Å²) < 4.78 is 0.766. The summed E-state index contributed by atoms with van der Waals surface area (Å²) in [5.41, 5.74) is 0. The van der Waals surface area contributed by atoms with Crippen molar-refractivity contribution in [1.29, 1.82) is 0 Å². The van der Waals surface area contributed by atoms with Gasteiger partial charge in [0.05, 0.1) is 26.2 Å². The molecule has 0 unspecified atom stereocenters. The average Bonchev–Trinajstić information content (AvgIpc) is 2.96. The van der Waals surface area contributed by atoms with Crippen molar-refractivity contribution in [2.75, 3.05) is 26.2 Å². The third kappa shape index (κ3) is 29.9. The Kier molecular flexibility index (Phi) is 28.8. The molecule has 0 bridgehead atoms. The smallest absolute Gasteiger partial charge is 0.303 e. The van der Waals surface area contributed by atoms with Gasteiger partial charge in [0.2, 0.25) is 0 Å². The Hall–Kier alpha value is -1.89. The summed E-state index contributed by atoms with van der Waals surface area (Å²) in [5.74, 6) is -2.60. The van der Waals surface area contributed by atoms with E-state index in [4.69, 9.17) is 10.2 Å². The number of hydrogen-bond acceptors (Lipinski definition) is 4. The average molecular weight is 610 g/mol. The van der Waals surface area contributed by atoms with E-state index in [9.17, 15) is 19.5 Å². The Morgan fingerprint density at radius 1 is 0.512 bits per heavy atom. The molecule has 2 N–H and O–H groups in total. The maximum Gasteiger partial charge on any atom is 0.303 e. The highest BCUT2D eigenvalue weighted by atomic mass is 16.4. The summed E-state index contributed by atoms with van der Waals surface area (Å²) in [7, 11) is 0. The van der Waals surface area contributed by atoms with Crippen LogP contribution in [-0.2, 0) is 14.4 Å². The van der Waals surface area contributed by atoms with Crippen molar-refractivity contribution in [3.05, 3.63) is 12.2 Å². The zero-order valence-corrected chi connectivity index (χ0v) is 27.8. The van der Waals surface area contributed by atoms with Crippen LogP contribution in [0.4, 0.5) is 0 Å². The molecule has 252 valence electrons. The fourth-order valence-electron chi connectivity index (χ4n) is 6.00. The van der Waals surface area contributed by atoms with E-state index < -0.39 is 17.9 Å². The van der Waals surface area contributed by atoms with Gasteiger partial charge < -0.3 is 24.6 Å². The van der Waals surface area contributed by atoms with Crippen LogP contribution in [0.15, 0.2) is 12.2 Å². The molecule has 7 nitrogen and oxygen atoms in total. The molecule has 0 radical (unpaired) electrons. The van der Waals surface area contributed by atoms with Gasteiger partial charge in [-0.25, -0.2) is 0 Å². The van der Waals surface area contributed by atoms with Crippen LogP contribution in [0.5, 0.6) is 0 Å². The fraction of sp³-hybridized carbons (Fsp3) is 0.861. The van der Waals surface area contributed by atoms with Gasteiger partial charge in [-0.05, 0) is 63.9 Å². The molecule has 0 aromatic heterocycles. The van der Waals surface area contributed by atoms with E-state index in [0.717, 1.165) is 56.3 Å². The Morgan fingerprint density at radius 2 is 0.884 bits per heavy atom. The van der Waals surface area contributed by atoms with Crippen molar-refractivity contribution in [2.24, 2.45) is 0 Å². The summed E-state index contributed by atoms with van der Waals surface area (Å²) in [4.78, 5) is 32.9. The summed E-state index contributed by atoms with van der Waals surface area (Å²) >= 11 is 0. The number of carbonyl (C=O) groups is 3. The van der Waals surface area contributed by atoms with E-state index >= 15 is 0 Å². The maximum atomic E-state index is 11.0. The Bertz CT molecular complexity index is 653. The third-order valence-corrected chi connectivity index (χ3v) is 8.69. The highest BCUT2D eigenvalue weighted by Crippen LogP contribution is 2.18. The fourth-order valence-corrected chi connectivity index (χ4v) is 6.00. The minimum atomic E-state index is -1.03. The molecule has 0 amide bonds. The van der Waals surface area contributed by atoms with Crippen molar-refractivity contribution in [2.45, 2.75) is 174 Å². The molecule has 0 fully saturated rings. The summed E-state index contributed by atoms with van der Waals surface area (Å²) in [5, 5.41) is 29.0. The topological polar surface area (TPSA) is 115 Å². The van der Waals surface area contributed by atoms with Gasteiger partial charge >= 0.3 is 11.9 Å². The minimum absolute atomic E-state index is 0.0487. The number of nitrogens with zero attached hydrogens (tertiary/aromatic N) is 1. The van der Waals surface area contributed by atoms with Crippen LogP contribution in [0.2, 0.25) is 0 Å². The van der Waals surface area contributed by atoms with Gasteiger partial charge in [0.1, 0.15) is 0 Å². The highest BCUT2D eigenvalue weighted by Gasteiger charge is 2.25. The molecule has 7 heteroatoms. The van der Waals surface area contributed by atoms with Crippen LogP contribution in [0.3, 0.4) is 0 Å². The molecule has 0 saturated heterocycles. The second-order valence-corrected chi connectivity index (χ2v) is 12.8. The largest absolute Gasteiger partial charge is 0.550 e. The molecule has 0 aliphatic heterocycles. The van der Waals surface area contributed by atoms with Gasteiger partial charge in [-0.15, -0.1) is 0 Å². The first-order chi connectivity index (χ1) is 20.8. The van der Waals surface area contributed by atoms with Crippen LogP contribution in [0.1, 0.15) is 174 Å². The lowest BCUT2D eigenvalue weighted by atomic mass is 10.0. The van der Waals surface area contributed by atoms with Crippen LogP contribution >= 0.6 is 0 Å². The van der Waals surface area contributed by atoms with E-state index in [1.165, 1.54) is 103 Å². The lowest BCUT2D eigenvalue weighted by molar-refractivity contribution is -0.923. The molecule has 43 heavy (non-hydrogen) atoms. The normalized spacial score (nSPS) is 11.8. The quantitative estimate of drug-likeness (QED) is 0.0430. The molecule has 0 saturated carbocycles. The molecule has 0 rings (SSSR count). The first-order valence-corrected chi connectivity index (χ1v) is 17.9. The number of carboxylic acid groups (broad SMARTS) is 3. The van der Waals surface area contributed by atoms with Crippen molar-refractivity contribution in [3.63, 3.8) is 0 Å². The Balaban J connectivity index is 4.35. The second-order valence-electron chi connectivity index (χ2n) is 12.8. The van der Waals surface area contributed by atoms with Crippen LogP contribution in [0, 0.1) is 0 Å². The predicted octanol–water partition coefficient (Wildman–Crippen LogP) is 8.44. The van der Waals surface area contributed by atoms with Gasteiger partial charge in [0, 0.05) is 18.8 Å². The molecule has 0 atom stereocenters. The molecule has 0 spiro atoms. The number of carbonyl (C=O) groups excluding carboxylic acids is 1. The first-order valence-electron chi connectivity index (χ1n) is 17.9. The SMILES string of the molecule is CCCCCCCCCCCCCCCCCC/C=C/C[N+](CCCCC(=O)[O-])(CCCCC(=O)O)CCCCC(=O)O. The number of aliphatic carboxylic acids is 3. The Morgan fingerprint density at radius 3 is 1.26 bits per heavy atom. The number of carboxylic acids is 3. The number of quaternary nitrogens is 1. The number of allylic oxidation sites excluding steroid dienone is 1. The molecule has 0 aromatic rings. The monoisotopic (exact) mass is 609 g/mol. The third-order valence-electron chi connectivity index (χ3n) is 8.69. The highest BCUT2D eigenvalue weighted by molar-refractivity contribution is 5.66. The zero-order chi connectivity index (χ0) is 31.9. The van der Waals surface area contributed by atoms with E-state index in [0.29, 0.717) is 19.3 Å². The van der Waals surface area contributed by atoms with Crippen molar-refractivity contribution in [3.8, 4) is 0 Å². The molecule has 0 aliphatic carbocycles. The summed E-state index contributed by atoms with van der Waals surface area (Å²) in [6, 6.07) is 0. The lowest BCUT2D eigenvalue weighted by Gasteiger charge is -2.38. The maximum absolute atomic E-state index is 11.0. The molecular formula is C36H67NO6. The first kappa shape index (κ1) is 41.1. The van der Waals surface area contributed by atoms with E-state index in [-0.39, 0.29) is 19.3 Å². The van der Waals surface area contributed by atoms with Gasteiger partial charge in [0.15, 0.2) is 0 Å². The van der Waals surface area contributed by atoms with E-state index in [2.05, 4.69) is 19.1 Å². The van der Waals surface area contributed by atoms with Crippen LogP contribution in [-0.4, -0.2) is 58.8 Å². The van der Waals surface area contributed by atoms with Crippen molar-refractivity contribution >= 4 is 17.9 Å². The predicted molar refractivity (Wildman–Crippen MR) is 175 cm³/mol. The zero-order valence-electron chi connectivity index (χ0n) is 27.8. The van der Waals surface area contributed by atoms with Gasteiger partial charge in [-0.3, -0.25) is 9.59 Å². The Labute approximate surface area is 264 Å². The van der Waals surface area contributed by atoms with Crippen molar-refractivity contribution < 1.29 is 34.2 Å². The van der Waals surface area contributed by atoms with E-state index in [1.807, 2.05) is 0 Å². The van der Waals surface area contributed by atoms with Crippen molar-refractivity contribution in [1.82, 2.24) is 0 Å². The van der Waals surface area contributed by atoms with Crippen LogP contribution < -0.4 is 5.11 Å². The summed E-state index contributed by atoms with van der Waals surface area (Å²) in [6.07, 6.45) is 31.9. The lowest BCUT2D eigenvalue weighted by Crippen LogP contribution is -2.50. The number of hydrogen-bond donors (Lipinski definition) is 2. The second kappa shape index (κ2) is 30.1. The standard InChI is InChI=1S/C36H67NO6/c1-2-3-4-5-6-7-8-9-10-11-12-13-14-15-16-17-18-19-23-30-37(31-24-20-27-34(38)39,32-25-21-28-35(40)41)33-26-22-29-36(42)43/h19,23H,2-18,20-22,24-33H2,1H3,(H2-,38,39,40,41,42,43)/b23-19+. The van der Waals surface area contributed by atoms with E-state index in [1.54, 1.807) is 0 Å². The van der Waals surface area contributed by atoms with Gasteiger partial charge in [0.25, 0.3) is 0 Å². The minimum Gasteiger partial charge on any atom is -0.550 e. The van der Waals surface area contributed by atoms with Crippen LogP contribution in [0.25, 0.3) is 0 Å². The van der Waals surface area contributed by atoms with Gasteiger partial charge in [-0.1, -0.05) is 109 Å². The molecule has 0 aromatic carbocycles. The number of unbranched alkanes of at least 4 members (excludes halogenated alkanes) is 19. The molecule has 0 heterocycles. The molecule has 0 aliphatic rings. The van der Waals surface area contributed by atoms with Gasteiger partial charge in [-0.2, -0.15) is 0 Å². The summed E-state index contributed by atoms with van der Waals surface area (Å²) in [6.45, 7) is 5.57. The molecular weight excluding hydrogens is 542 g/mol. The number of rotatable bonds is 34.